The molecule has 1 aliphatic heterocycles. The van der Waals surface area contributed by atoms with Crippen LogP contribution in [-0.4, -0.2) is 30.7 Å². The van der Waals surface area contributed by atoms with E-state index in [1.165, 1.54) is 25.7 Å². The summed E-state index contributed by atoms with van der Waals surface area (Å²) in [7, 11) is 0. The number of carbonyl (C=O) groups excluding carboxylic acids is 1. The van der Waals surface area contributed by atoms with Gasteiger partial charge in [0.15, 0.2) is 0 Å². The van der Waals surface area contributed by atoms with E-state index in [-0.39, 0.29) is 11.8 Å². The van der Waals surface area contributed by atoms with Crippen molar-refractivity contribution in [2.24, 2.45) is 11.7 Å². The Bertz CT molecular complexity index is 282. The molecule has 18 heavy (non-hydrogen) atoms. The Balaban J connectivity index is 2.02. The summed E-state index contributed by atoms with van der Waals surface area (Å²) >= 11 is 0. The fourth-order valence-electron chi connectivity index (χ4n) is 3.23. The summed E-state index contributed by atoms with van der Waals surface area (Å²) in [6.45, 7) is 3.36. The van der Waals surface area contributed by atoms with Crippen LogP contribution in [0.15, 0.2) is 0 Å². The summed E-state index contributed by atoms with van der Waals surface area (Å²) in [5.74, 6) is -0.0134. The molecule has 2 aliphatic rings. The fraction of sp³-hybridized carbons (Fsp3) is 0.929. The first-order valence-corrected chi connectivity index (χ1v) is 7.28. The first-order valence-electron chi connectivity index (χ1n) is 7.28. The van der Waals surface area contributed by atoms with Gasteiger partial charge in [0.1, 0.15) is 5.54 Å². The molecule has 0 aromatic carbocycles. The molecule has 2 atom stereocenters. The molecule has 2 unspecified atom stereocenters. The van der Waals surface area contributed by atoms with Gasteiger partial charge in [0.25, 0.3) is 0 Å². The van der Waals surface area contributed by atoms with E-state index in [0.29, 0.717) is 12.6 Å². The summed E-state index contributed by atoms with van der Waals surface area (Å²) in [5, 5.41) is 3.56. The molecule has 0 bridgehead atoms. The molecule has 0 aromatic heterocycles. The second-order valence-corrected chi connectivity index (χ2v) is 5.96. The van der Waals surface area contributed by atoms with Crippen molar-refractivity contribution in [2.45, 2.75) is 63.5 Å². The molecule has 1 aliphatic carbocycles. The molecular formula is C14H26N2O2. The van der Waals surface area contributed by atoms with Gasteiger partial charge in [0.05, 0.1) is 6.61 Å². The van der Waals surface area contributed by atoms with Gasteiger partial charge in [-0.2, -0.15) is 0 Å². The number of hydrogen-bond donors (Lipinski definition) is 2. The lowest BCUT2D eigenvalue weighted by molar-refractivity contribution is -0.126. The van der Waals surface area contributed by atoms with Gasteiger partial charge in [-0.15, -0.1) is 0 Å². The molecule has 104 valence electrons. The second-order valence-electron chi connectivity index (χ2n) is 5.96. The summed E-state index contributed by atoms with van der Waals surface area (Å²) in [6.07, 6.45) is 8.41. The first kappa shape index (κ1) is 13.8. The Morgan fingerprint density at radius 1 is 1.22 bits per heavy atom. The summed E-state index contributed by atoms with van der Waals surface area (Å²) in [5.41, 5.74) is 5.04. The number of carbonyl (C=O) groups is 1. The smallest absolute Gasteiger partial charge is 0.237 e. The third-order valence-electron chi connectivity index (χ3n) is 4.62. The highest BCUT2D eigenvalue weighted by atomic mass is 16.5. The minimum Gasteiger partial charge on any atom is -0.381 e. The van der Waals surface area contributed by atoms with Crippen molar-refractivity contribution < 1.29 is 9.53 Å². The minimum absolute atomic E-state index is 0.221. The van der Waals surface area contributed by atoms with Crippen LogP contribution in [-0.2, 0) is 9.53 Å². The molecular weight excluding hydrogens is 228 g/mol. The van der Waals surface area contributed by atoms with Crippen LogP contribution in [0.2, 0.25) is 0 Å². The van der Waals surface area contributed by atoms with Crippen molar-refractivity contribution in [3.05, 3.63) is 0 Å². The molecule has 3 N–H and O–H groups in total. The van der Waals surface area contributed by atoms with E-state index in [2.05, 4.69) is 5.32 Å². The summed E-state index contributed by atoms with van der Waals surface area (Å²) in [4.78, 5) is 11.9. The molecule has 1 saturated carbocycles. The Morgan fingerprint density at radius 2 is 1.89 bits per heavy atom. The van der Waals surface area contributed by atoms with Crippen molar-refractivity contribution in [1.29, 1.82) is 0 Å². The van der Waals surface area contributed by atoms with E-state index in [1.54, 1.807) is 0 Å². The van der Waals surface area contributed by atoms with Crippen molar-refractivity contribution in [1.82, 2.24) is 5.32 Å². The highest BCUT2D eigenvalue weighted by molar-refractivity contribution is 5.84. The maximum atomic E-state index is 11.9. The van der Waals surface area contributed by atoms with Crippen LogP contribution in [0.3, 0.4) is 0 Å². The molecule has 1 saturated heterocycles. The lowest BCUT2D eigenvalue weighted by Crippen LogP contribution is -2.61. The van der Waals surface area contributed by atoms with Gasteiger partial charge in [-0.3, -0.25) is 4.79 Å². The van der Waals surface area contributed by atoms with Gasteiger partial charge in [-0.25, -0.2) is 0 Å². The lowest BCUT2D eigenvalue weighted by Gasteiger charge is -2.36. The molecule has 2 fully saturated rings. The molecule has 4 nitrogen and oxygen atoms in total. The van der Waals surface area contributed by atoms with Gasteiger partial charge in [0, 0.05) is 18.6 Å². The van der Waals surface area contributed by atoms with Crippen molar-refractivity contribution >= 4 is 5.91 Å². The van der Waals surface area contributed by atoms with E-state index >= 15 is 0 Å². The molecule has 1 heterocycles. The Morgan fingerprint density at radius 3 is 2.39 bits per heavy atom. The standard InChI is InChI=1S/C14H26N2O2/c1-14(13(15)17,11-8-9-18-10-11)16-12-6-4-2-3-5-7-12/h11-12,16H,2-10H2,1H3,(H2,15,17). The van der Waals surface area contributed by atoms with Crippen LogP contribution in [0, 0.1) is 5.92 Å². The lowest BCUT2D eigenvalue weighted by atomic mass is 9.83. The van der Waals surface area contributed by atoms with Gasteiger partial charge in [0.2, 0.25) is 5.91 Å². The zero-order valence-corrected chi connectivity index (χ0v) is 11.4. The molecule has 4 heteroatoms. The molecule has 1 amide bonds. The topological polar surface area (TPSA) is 64.3 Å². The van der Waals surface area contributed by atoms with Crippen LogP contribution in [0.25, 0.3) is 0 Å². The molecule has 2 rings (SSSR count). The van der Waals surface area contributed by atoms with Crippen molar-refractivity contribution in [3.63, 3.8) is 0 Å². The van der Waals surface area contributed by atoms with Crippen LogP contribution in [0.5, 0.6) is 0 Å². The Hall–Kier alpha value is -0.610. The summed E-state index contributed by atoms with van der Waals surface area (Å²) in [6, 6.07) is 0.436. The van der Waals surface area contributed by atoms with Crippen LogP contribution in [0.1, 0.15) is 51.9 Å². The van der Waals surface area contributed by atoms with E-state index < -0.39 is 5.54 Å². The van der Waals surface area contributed by atoms with E-state index in [4.69, 9.17) is 10.5 Å². The SMILES string of the molecule is CC(NC1CCCCCC1)(C(N)=O)C1CCOC1. The van der Waals surface area contributed by atoms with Crippen LogP contribution >= 0.6 is 0 Å². The minimum atomic E-state index is -0.606. The average Bonchev–Trinajstić information content (AvgIpc) is 2.76. The third kappa shape index (κ3) is 3.04. The maximum absolute atomic E-state index is 11.9. The molecule has 0 spiro atoms. The zero-order chi connectivity index (χ0) is 13.0. The predicted octanol–water partition coefficient (Wildman–Crippen LogP) is 1.58. The highest BCUT2D eigenvalue weighted by Crippen LogP contribution is 2.28. The number of primary amides is 1. The quantitative estimate of drug-likeness (QED) is 0.749. The normalized spacial score (nSPS) is 29.7. The third-order valence-corrected chi connectivity index (χ3v) is 4.62. The summed E-state index contributed by atoms with van der Waals surface area (Å²) < 4.78 is 5.42. The Kier molecular flexibility index (Phi) is 4.62. The number of nitrogens with two attached hydrogens (primary N) is 1. The van der Waals surface area contributed by atoms with Gasteiger partial charge < -0.3 is 15.8 Å². The number of amides is 1. The fourth-order valence-corrected chi connectivity index (χ4v) is 3.23. The molecule has 0 radical (unpaired) electrons. The number of ether oxygens (including phenoxy) is 1. The monoisotopic (exact) mass is 254 g/mol. The Labute approximate surface area is 110 Å². The van der Waals surface area contributed by atoms with Crippen molar-refractivity contribution in [3.8, 4) is 0 Å². The van der Waals surface area contributed by atoms with E-state index in [0.717, 1.165) is 25.9 Å². The van der Waals surface area contributed by atoms with Gasteiger partial charge in [-0.05, 0) is 26.2 Å². The van der Waals surface area contributed by atoms with Crippen LogP contribution in [0.4, 0.5) is 0 Å². The number of nitrogens with one attached hydrogen (secondary N) is 1. The highest BCUT2D eigenvalue weighted by Gasteiger charge is 2.42. The average molecular weight is 254 g/mol. The van der Waals surface area contributed by atoms with Gasteiger partial charge >= 0.3 is 0 Å². The maximum Gasteiger partial charge on any atom is 0.237 e. The number of hydrogen-bond acceptors (Lipinski definition) is 3. The first-order chi connectivity index (χ1) is 8.63. The second kappa shape index (κ2) is 6.02. The van der Waals surface area contributed by atoms with E-state index in [9.17, 15) is 4.79 Å². The predicted molar refractivity (Wildman–Crippen MR) is 71.2 cm³/mol. The van der Waals surface area contributed by atoms with Crippen molar-refractivity contribution in [2.75, 3.05) is 13.2 Å². The van der Waals surface area contributed by atoms with Gasteiger partial charge in [-0.1, -0.05) is 25.7 Å². The van der Waals surface area contributed by atoms with E-state index in [1.807, 2.05) is 6.92 Å². The largest absolute Gasteiger partial charge is 0.381 e. The number of rotatable bonds is 4. The molecule has 0 aromatic rings. The zero-order valence-electron chi connectivity index (χ0n) is 11.4. The van der Waals surface area contributed by atoms with Crippen LogP contribution < -0.4 is 11.1 Å².